The maximum absolute atomic E-state index is 12.5. The number of carboxylic acids is 1. The summed E-state index contributed by atoms with van der Waals surface area (Å²) >= 11 is 0. The molecule has 1 aromatic heterocycles. The lowest BCUT2D eigenvalue weighted by Crippen LogP contribution is -2.19. The van der Waals surface area contributed by atoms with Crippen LogP contribution in [0.15, 0.2) is 54.7 Å². The van der Waals surface area contributed by atoms with E-state index in [1.54, 1.807) is 4.68 Å². The minimum atomic E-state index is -1.13. The number of nitrogens with zero attached hydrogens (tertiary/aromatic N) is 2. The van der Waals surface area contributed by atoms with E-state index < -0.39 is 12.1 Å². The predicted molar refractivity (Wildman–Crippen MR) is 115 cm³/mol. The molecule has 0 spiro atoms. The van der Waals surface area contributed by atoms with Gasteiger partial charge >= 0.3 is 12.1 Å². The van der Waals surface area contributed by atoms with E-state index in [0.29, 0.717) is 0 Å². The van der Waals surface area contributed by atoms with Gasteiger partial charge in [-0.05, 0) is 35.1 Å². The highest BCUT2D eigenvalue weighted by molar-refractivity contribution is 5.97. The van der Waals surface area contributed by atoms with Crippen LogP contribution in [0.5, 0.6) is 0 Å². The Morgan fingerprint density at radius 3 is 2.26 bits per heavy atom. The molecule has 2 N–H and O–H groups in total. The summed E-state index contributed by atoms with van der Waals surface area (Å²) in [5, 5.41) is 16.4. The highest BCUT2D eigenvalue weighted by Crippen LogP contribution is 2.44. The standard InChI is InChI=1S/C24H23N3O4/c28-23(29)20-13-27(15-7-1-2-8-15)26-22(20)25-24(30)31-14-21-18-11-5-3-9-16(18)17-10-4-6-12-19(17)21/h3-6,9-13,15,21H,1-2,7-8,14H2,(H,28,29)(H,25,26,30). The Balaban J connectivity index is 1.31. The molecule has 2 aromatic carbocycles. The van der Waals surface area contributed by atoms with Gasteiger partial charge in [0.05, 0.1) is 6.04 Å². The third kappa shape index (κ3) is 3.56. The van der Waals surface area contributed by atoms with Gasteiger partial charge < -0.3 is 9.84 Å². The number of hydrogen-bond donors (Lipinski definition) is 2. The van der Waals surface area contributed by atoms with E-state index in [1.165, 1.54) is 6.20 Å². The second kappa shape index (κ2) is 7.91. The van der Waals surface area contributed by atoms with Gasteiger partial charge in [0.1, 0.15) is 12.2 Å². The van der Waals surface area contributed by atoms with Gasteiger partial charge in [-0.25, -0.2) is 9.59 Å². The molecule has 3 aromatic rings. The average molecular weight is 417 g/mol. The molecule has 1 amide bonds. The SMILES string of the molecule is O=C(Nc1nn(C2CCCC2)cc1C(=O)O)OCC1c2ccccc2-c2ccccc21. The third-order valence-electron chi connectivity index (χ3n) is 6.23. The maximum Gasteiger partial charge on any atom is 0.412 e. The summed E-state index contributed by atoms with van der Waals surface area (Å²) in [5.41, 5.74) is 4.51. The van der Waals surface area contributed by atoms with Crippen molar-refractivity contribution in [2.24, 2.45) is 0 Å². The third-order valence-corrected chi connectivity index (χ3v) is 6.23. The number of rotatable bonds is 5. The fraction of sp³-hybridized carbons (Fsp3) is 0.292. The van der Waals surface area contributed by atoms with Gasteiger partial charge in [0, 0.05) is 12.1 Å². The smallest absolute Gasteiger partial charge is 0.412 e. The number of aromatic nitrogens is 2. The summed E-state index contributed by atoms with van der Waals surface area (Å²) in [6, 6.07) is 16.4. The predicted octanol–water partition coefficient (Wildman–Crippen LogP) is 5.06. The van der Waals surface area contributed by atoms with Gasteiger partial charge in [-0.3, -0.25) is 10.00 Å². The first-order valence-electron chi connectivity index (χ1n) is 10.6. The van der Waals surface area contributed by atoms with Crippen LogP contribution in [0.1, 0.15) is 59.1 Å². The van der Waals surface area contributed by atoms with Gasteiger partial charge in [-0.15, -0.1) is 0 Å². The van der Waals surface area contributed by atoms with Crippen LogP contribution in [0.25, 0.3) is 11.1 Å². The molecule has 0 aliphatic heterocycles. The summed E-state index contributed by atoms with van der Waals surface area (Å²) in [6.07, 6.45) is 4.92. The summed E-state index contributed by atoms with van der Waals surface area (Å²) < 4.78 is 7.18. The largest absolute Gasteiger partial charge is 0.477 e. The monoisotopic (exact) mass is 417 g/mol. The molecule has 1 fully saturated rings. The first-order chi connectivity index (χ1) is 15.1. The normalized spacial score (nSPS) is 15.5. The minimum absolute atomic E-state index is 0.0247. The van der Waals surface area contributed by atoms with Crippen molar-refractivity contribution in [3.8, 4) is 11.1 Å². The molecule has 158 valence electrons. The van der Waals surface area contributed by atoms with Crippen LogP contribution in [-0.2, 0) is 4.74 Å². The van der Waals surface area contributed by atoms with E-state index in [-0.39, 0.29) is 29.9 Å². The van der Waals surface area contributed by atoms with Gasteiger partial charge in [0.25, 0.3) is 0 Å². The second-order valence-electron chi connectivity index (χ2n) is 8.07. The zero-order valence-corrected chi connectivity index (χ0v) is 17.0. The Morgan fingerprint density at radius 1 is 1.03 bits per heavy atom. The molecule has 2 aliphatic rings. The van der Waals surface area contributed by atoms with E-state index in [2.05, 4.69) is 22.5 Å². The van der Waals surface area contributed by atoms with Crippen LogP contribution in [0.4, 0.5) is 10.6 Å². The maximum atomic E-state index is 12.5. The van der Waals surface area contributed by atoms with Crippen molar-refractivity contribution in [1.29, 1.82) is 0 Å². The summed E-state index contributed by atoms with van der Waals surface area (Å²) in [6.45, 7) is 0.158. The Kier molecular flexibility index (Phi) is 4.94. The fourth-order valence-electron chi connectivity index (χ4n) is 4.73. The van der Waals surface area contributed by atoms with Crippen molar-refractivity contribution in [2.45, 2.75) is 37.6 Å². The summed E-state index contributed by atoms with van der Waals surface area (Å²) in [5.74, 6) is -1.16. The lowest BCUT2D eigenvalue weighted by atomic mass is 9.98. The van der Waals surface area contributed by atoms with Crippen LogP contribution in [0.2, 0.25) is 0 Å². The first kappa shape index (κ1) is 19.4. The highest BCUT2D eigenvalue weighted by atomic mass is 16.5. The molecular formula is C24H23N3O4. The van der Waals surface area contributed by atoms with Crippen LogP contribution in [0.3, 0.4) is 0 Å². The van der Waals surface area contributed by atoms with E-state index in [9.17, 15) is 14.7 Å². The molecule has 7 heteroatoms. The summed E-state index contributed by atoms with van der Waals surface area (Å²) in [7, 11) is 0. The number of benzene rings is 2. The molecule has 0 bridgehead atoms. The summed E-state index contributed by atoms with van der Waals surface area (Å²) in [4.78, 5) is 24.2. The molecule has 31 heavy (non-hydrogen) atoms. The molecule has 1 heterocycles. The molecule has 7 nitrogen and oxygen atoms in total. The van der Waals surface area contributed by atoms with Gasteiger partial charge in [-0.2, -0.15) is 5.10 Å². The number of hydrogen-bond acceptors (Lipinski definition) is 4. The Labute approximate surface area is 179 Å². The number of amides is 1. The molecular weight excluding hydrogens is 394 g/mol. The highest BCUT2D eigenvalue weighted by Gasteiger charge is 2.29. The molecule has 0 atom stereocenters. The molecule has 0 radical (unpaired) electrons. The number of carboxylic acid groups (broad SMARTS) is 1. The van der Waals surface area contributed by atoms with Crippen molar-refractivity contribution in [3.63, 3.8) is 0 Å². The van der Waals surface area contributed by atoms with E-state index in [4.69, 9.17) is 4.74 Å². The Morgan fingerprint density at radius 2 is 1.65 bits per heavy atom. The molecule has 1 saturated carbocycles. The van der Waals surface area contributed by atoms with Crippen LogP contribution < -0.4 is 5.32 Å². The Hall–Kier alpha value is -3.61. The van der Waals surface area contributed by atoms with Crippen molar-refractivity contribution in [2.75, 3.05) is 11.9 Å². The zero-order chi connectivity index (χ0) is 21.4. The second-order valence-corrected chi connectivity index (χ2v) is 8.07. The average Bonchev–Trinajstić information content (AvgIpc) is 3.50. The first-order valence-corrected chi connectivity index (χ1v) is 10.6. The molecule has 0 unspecified atom stereocenters. The number of fused-ring (bicyclic) bond motifs is 3. The number of aromatic carboxylic acids is 1. The number of carbonyl (C=O) groups excluding carboxylic acids is 1. The lowest BCUT2D eigenvalue weighted by Gasteiger charge is -2.14. The van der Waals surface area contributed by atoms with Crippen molar-refractivity contribution in [3.05, 3.63) is 71.4 Å². The van der Waals surface area contributed by atoms with E-state index in [1.807, 2.05) is 36.4 Å². The van der Waals surface area contributed by atoms with Crippen molar-refractivity contribution < 1.29 is 19.4 Å². The van der Waals surface area contributed by atoms with E-state index >= 15 is 0 Å². The zero-order valence-electron chi connectivity index (χ0n) is 17.0. The number of ether oxygens (including phenoxy) is 1. The number of anilines is 1. The molecule has 5 rings (SSSR count). The molecule has 0 saturated heterocycles. The van der Waals surface area contributed by atoms with Gasteiger partial charge in [0.15, 0.2) is 5.82 Å². The minimum Gasteiger partial charge on any atom is -0.477 e. The lowest BCUT2D eigenvalue weighted by molar-refractivity contribution is 0.0698. The fourth-order valence-corrected chi connectivity index (χ4v) is 4.73. The Bertz CT molecular complexity index is 1100. The van der Waals surface area contributed by atoms with Gasteiger partial charge in [-0.1, -0.05) is 61.4 Å². The van der Waals surface area contributed by atoms with Crippen LogP contribution in [0, 0.1) is 0 Å². The van der Waals surface area contributed by atoms with Crippen LogP contribution in [-0.4, -0.2) is 33.6 Å². The van der Waals surface area contributed by atoms with Gasteiger partial charge in [0.2, 0.25) is 0 Å². The van der Waals surface area contributed by atoms with Crippen molar-refractivity contribution in [1.82, 2.24) is 9.78 Å². The van der Waals surface area contributed by atoms with Crippen molar-refractivity contribution >= 4 is 17.9 Å². The quantitative estimate of drug-likeness (QED) is 0.605. The number of nitrogens with one attached hydrogen (secondary N) is 1. The van der Waals surface area contributed by atoms with E-state index in [0.717, 1.165) is 47.9 Å². The topological polar surface area (TPSA) is 93.5 Å². The van der Waals surface area contributed by atoms with Crippen LogP contribution >= 0.6 is 0 Å². The number of carbonyl (C=O) groups is 2. The molecule has 2 aliphatic carbocycles.